The molecule has 32 heavy (non-hydrogen) atoms. The first-order valence-corrected chi connectivity index (χ1v) is 10.9. The summed E-state index contributed by atoms with van der Waals surface area (Å²) in [6.45, 7) is 7.66. The van der Waals surface area contributed by atoms with E-state index in [1.807, 2.05) is 50.2 Å². The molecule has 0 atom stereocenters. The lowest BCUT2D eigenvalue weighted by Crippen LogP contribution is -2.34. The minimum Gasteiger partial charge on any atom is -0.423 e. The predicted molar refractivity (Wildman–Crippen MR) is 125 cm³/mol. The number of carbonyl (C=O) groups is 1. The van der Waals surface area contributed by atoms with Gasteiger partial charge in [0.05, 0.1) is 12.8 Å². The van der Waals surface area contributed by atoms with Gasteiger partial charge < -0.3 is 25.1 Å². The molecule has 0 radical (unpaired) electrons. The topological polar surface area (TPSA) is 96.9 Å². The standard InChI is InChI=1S/C24H29N5O3/c1-3-31-16-18-5-4-17(2)21(14-18)27-23-26-15-22(32-23)19-6-8-20(9-7-19)29-13-12-28(11-10-25)24(29)30/h4-9,14-15H,3,10-13,16,25H2,1-2H3,(H,26,27). The molecule has 0 bridgehead atoms. The van der Waals surface area contributed by atoms with Gasteiger partial charge in [-0.3, -0.25) is 4.90 Å². The van der Waals surface area contributed by atoms with Crippen LogP contribution < -0.4 is 16.0 Å². The Balaban J connectivity index is 1.45. The molecule has 8 nitrogen and oxygen atoms in total. The van der Waals surface area contributed by atoms with Crippen LogP contribution in [-0.2, 0) is 11.3 Å². The lowest BCUT2D eigenvalue weighted by molar-refractivity contribution is 0.134. The molecule has 168 valence electrons. The zero-order chi connectivity index (χ0) is 22.5. The lowest BCUT2D eigenvalue weighted by atomic mass is 10.1. The van der Waals surface area contributed by atoms with E-state index in [9.17, 15) is 4.79 Å². The summed E-state index contributed by atoms with van der Waals surface area (Å²) >= 11 is 0. The van der Waals surface area contributed by atoms with Crippen molar-refractivity contribution in [3.8, 4) is 11.3 Å². The minimum absolute atomic E-state index is 0.00344. The van der Waals surface area contributed by atoms with E-state index in [0.717, 1.165) is 28.1 Å². The molecule has 0 spiro atoms. The quantitative estimate of drug-likeness (QED) is 0.525. The van der Waals surface area contributed by atoms with Crippen LogP contribution in [0.4, 0.5) is 22.2 Å². The fourth-order valence-electron chi connectivity index (χ4n) is 3.69. The van der Waals surface area contributed by atoms with Crippen molar-refractivity contribution in [3.63, 3.8) is 0 Å². The van der Waals surface area contributed by atoms with Gasteiger partial charge in [0.25, 0.3) is 6.01 Å². The number of nitrogens with two attached hydrogens (primary N) is 1. The summed E-state index contributed by atoms with van der Waals surface area (Å²) in [4.78, 5) is 20.4. The number of anilines is 3. The number of hydrogen-bond acceptors (Lipinski definition) is 6. The largest absolute Gasteiger partial charge is 0.423 e. The van der Waals surface area contributed by atoms with E-state index in [1.165, 1.54) is 0 Å². The van der Waals surface area contributed by atoms with Gasteiger partial charge in [0.15, 0.2) is 5.76 Å². The maximum Gasteiger partial charge on any atom is 0.324 e. The Labute approximate surface area is 188 Å². The average molecular weight is 436 g/mol. The number of rotatable bonds is 9. The molecule has 4 rings (SSSR count). The first kappa shape index (κ1) is 21.9. The molecule has 0 unspecified atom stereocenters. The molecular weight excluding hydrogens is 406 g/mol. The second-order valence-corrected chi connectivity index (χ2v) is 7.70. The van der Waals surface area contributed by atoms with Crippen molar-refractivity contribution >= 4 is 23.4 Å². The molecule has 2 aromatic carbocycles. The molecule has 1 aromatic heterocycles. The van der Waals surface area contributed by atoms with Gasteiger partial charge in [-0.2, -0.15) is 0 Å². The third-order valence-electron chi connectivity index (χ3n) is 5.48. The Hall–Kier alpha value is -3.36. The van der Waals surface area contributed by atoms with Crippen molar-refractivity contribution in [2.75, 3.05) is 43.0 Å². The molecule has 2 heterocycles. The summed E-state index contributed by atoms with van der Waals surface area (Å²) < 4.78 is 11.4. The number of oxazole rings is 1. The Morgan fingerprint density at radius 1 is 1.19 bits per heavy atom. The summed E-state index contributed by atoms with van der Waals surface area (Å²) in [7, 11) is 0. The molecule has 2 amide bonds. The van der Waals surface area contributed by atoms with Crippen LogP contribution in [0.3, 0.4) is 0 Å². The van der Waals surface area contributed by atoms with E-state index in [2.05, 4.69) is 16.4 Å². The Bertz CT molecular complexity index is 1060. The average Bonchev–Trinajstić information content (AvgIpc) is 3.42. The van der Waals surface area contributed by atoms with E-state index < -0.39 is 0 Å². The molecule has 0 saturated carbocycles. The Morgan fingerprint density at radius 3 is 2.75 bits per heavy atom. The number of ether oxygens (including phenoxy) is 1. The number of benzene rings is 2. The number of nitrogens with zero attached hydrogens (tertiary/aromatic N) is 3. The fraction of sp³-hybridized carbons (Fsp3) is 0.333. The molecule has 1 fully saturated rings. The Morgan fingerprint density at radius 2 is 2.00 bits per heavy atom. The van der Waals surface area contributed by atoms with Crippen molar-refractivity contribution < 1.29 is 13.9 Å². The zero-order valence-corrected chi connectivity index (χ0v) is 18.5. The molecular formula is C24H29N5O3. The second-order valence-electron chi connectivity index (χ2n) is 7.70. The molecule has 1 aliphatic heterocycles. The first-order chi connectivity index (χ1) is 15.6. The summed E-state index contributed by atoms with van der Waals surface area (Å²) in [5.74, 6) is 0.652. The smallest absolute Gasteiger partial charge is 0.324 e. The van der Waals surface area contributed by atoms with E-state index >= 15 is 0 Å². The van der Waals surface area contributed by atoms with Crippen molar-refractivity contribution in [3.05, 3.63) is 59.8 Å². The second kappa shape index (κ2) is 9.84. The van der Waals surface area contributed by atoms with Crippen LogP contribution >= 0.6 is 0 Å². The lowest BCUT2D eigenvalue weighted by Gasteiger charge is -2.18. The van der Waals surface area contributed by atoms with E-state index in [0.29, 0.717) is 51.2 Å². The van der Waals surface area contributed by atoms with Crippen LogP contribution in [0.25, 0.3) is 11.3 Å². The highest BCUT2D eigenvalue weighted by Gasteiger charge is 2.28. The summed E-state index contributed by atoms with van der Waals surface area (Å²) in [6.07, 6.45) is 1.70. The van der Waals surface area contributed by atoms with Gasteiger partial charge in [-0.25, -0.2) is 9.78 Å². The van der Waals surface area contributed by atoms with Gasteiger partial charge >= 0.3 is 6.03 Å². The molecule has 8 heteroatoms. The number of amides is 2. The SMILES string of the molecule is CCOCc1ccc(C)c(Nc2ncc(-c3ccc(N4CCN(CCN)C4=O)cc3)o2)c1. The molecule has 1 saturated heterocycles. The highest BCUT2D eigenvalue weighted by atomic mass is 16.5. The summed E-state index contributed by atoms with van der Waals surface area (Å²) in [5, 5.41) is 3.26. The third kappa shape index (κ3) is 4.76. The minimum atomic E-state index is -0.00344. The van der Waals surface area contributed by atoms with E-state index in [1.54, 1.807) is 16.0 Å². The molecule has 3 N–H and O–H groups in total. The van der Waals surface area contributed by atoms with Gasteiger partial charge in [-0.05, 0) is 55.3 Å². The summed E-state index contributed by atoms with van der Waals surface area (Å²) in [6, 6.07) is 14.3. The van der Waals surface area contributed by atoms with Crippen molar-refractivity contribution in [2.24, 2.45) is 5.73 Å². The number of aryl methyl sites for hydroxylation is 1. The zero-order valence-electron chi connectivity index (χ0n) is 18.5. The first-order valence-electron chi connectivity index (χ1n) is 10.9. The maximum atomic E-state index is 12.5. The van der Waals surface area contributed by atoms with Crippen molar-refractivity contribution in [1.29, 1.82) is 0 Å². The normalized spacial score (nSPS) is 13.8. The van der Waals surface area contributed by atoms with Crippen LogP contribution in [0.1, 0.15) is 18.1 Å². The number of urea groups is 1. The van der Waals surface area contributed by atoms with Crippen LogP contribution in [-0.4, -0.2) is 48.7 Å². The molecule has 0 aliphatic carbocycles. The predicted octanol–water partition coefficient (Wildman–Crippen LogP) is 4.13. The van der Waals surface area contributed by atoms with Crippen LogP contribution in [0.2, 0.25) is 0 Å². The number of hydrogen-bond donors (Lipinski definition) is 2. The van der Waals surface area contributed by atoms with Crippen molar-refractivity contribution in [2.45, 2.75) is 20.5 Å². The number of nitrogens with one attached hydrogen (secondary N) is 1. The Kier molecular flexibility index (Phi) is 6.72. The van der Waals surface area contributed by atoms with Gasteiger partial charge in [0, 0.05) is 49.7 Å². The van der Waals surface area contributed by atoms with Crippen LogP contribution in [0.5, 0.6) is 0 Å². The van der Waals surface area contributed by atoms with Crippen molar-refractivity contribution in [1.82, 2.24) is 9.88 Å². The summed E-state index contributed by atoms with van der Waals surface area (Å²) in [5.41, 5.74) is 10.4. The monoisotopic (exact) mass is 435 g/mol. The van der Waals surface area contributed by atoms with Gasteiger partial charge in [-0.1, -0.05) is 12.1 Å². The van der Waals surface area contributed by atoms with Crippen LogP contribution in [0, 0.1) is 6.92 Å². The van der Waals surface area contributed by atoms with E-state index in [4.69, 9.17) is 14.9 Å². The fourth-order valence-corrected chi connectivity index (χ4v) is 3.69. The van der Waals surface area contributed by atoms with Crippen LogP contribution in [0.15, 0.2) is 53.1 Å². The highest BCUT2D eigenvalue weighted by molar-refractivity contribution is 5.94. The maximum absolute atomic E-state index is 12.5. The third-order valence-corrected chi connectivity index (χ3v) is 5.48. The molecule has 3 aromatic rings. The van der Waals surface area contributed by atoms with Gasteiger partial charge in [0.2, 0.25) is 0 Å². The van der Waals surface area contributed by atoms with Gasteiger partial charge in [0.1, 0.15) is 0 Å². The highest BCUT2D eigenvalue weighted by Crippen LogP contribution is 2.29. The van der Waals surface area contributed by atoms with E-state index in [-0.39, 0.29) is 6.03 Å². The number of carbonyl (C=O) groups excluding carboxylic acids is 1. The molecule has 1 aliphatic rings. The number of aromatic nitrogens is 1. The van der Waals surface area contributed by atoms with Gasteiger partial charge in [-0.15, -0.1) is 0 Å².